The highest BCUT2D eigenvalue weighted by molar-refractivity contribution is 5.77. The van der Waals surface area contributed by atoms with Gasteiger partial charge in [-0.1, -0.05) is 6.07 Å². The highest BCUT2D eigenvalue weighted by Crippen LogP contribution is 2.27. The van der Waals surface area contributed by atoms with Gasteiger partial charge in [0.1, 0.15) is 5.82 Å². The van der Waals surface area contributed by atoms with E-state index in [1.54, 1.807) is 0 Å². The quantitative estimate of drug-likeness (QED) is 0.828. The van der Waals surface area contributed by atoms with Crippen LogP contribution in [-0.2, 0) is 13.0 Å². The predicted molar refractivity (Wildman–Crippen MR) is 81.2 cm³/mol. The zero-order valence-corrected chi connectivity index (χ0v) is 11.9. The number of imidazole rings is 1. The number of piperidine rings is 1. The van der Waals surface area contributed by atoms with E-state index >= 15 is 0 Å². The zero-order chi connectivity index (χ0) is 13.4. The highest BCUT2D eigenvalue weighted by Gasteiger charge is 2.18. The Kier molecular flexibility index (Phi) is 3.20. The molecule has 0 amide bonds. The summed E-state index contributed by atoms with van der Waals surface area (Å²) in [4.78, 5) is 4.87. The van der Waals surface area contributed by atoms with Gasteiger partial charge in [0.05, 0.1) is 11.0 Å². The molecule has 20 heavy (non-hydrogen) atoms. The van der Waals surface area contributed by atoms with Crippen LogP contribution in [0, 0.1) is 0 Å². The van der Waals surface area contributed by atoms with Crippen LogP contribution in [0.25, 0.3) is 11.0 Å². The number of hydrogen-bond acceptors (Lipinski definition) is 3. The lowest BCUT2D eigenvalue weighted by Gasteiger charge is -2.23. The Morgan fingerprint density at radius 3 is 3.05 bits per heavy atom. The monoisotopic (exact) mass is 270 g/mol. The molecule has 106 valence electrons. The van der Waals surface area contributed by atoms with Gasteiger partial charge in [0.2, 0.25) is 0 Å². The van der Waals surface area contributed by atoms with Crippen molar-refractivity contribution in [3.8, 4) is 0 Å². The van der Waals surface area contributed by atoms with Gasteiger partial charge in [0.15, 0.2) is 0 Å². The number of rotatable bonds is 1. The summed E-state index contributed by atoms with van der Waals surface area (Å²) in [6, 6.07) is 6.91. The van der Waals surface area contributed by atoms with E-state index in [9.17, 15) is 0 Å². The second-order valence-electron chi connectivity index (χ2n) is 5.97. The number of nitrogens with one attached hydrogen (secondary N) is 2. The van der Waals surface area contributed by atoms with Crippen LogP contribution in [0.5, 0.6) is 0 Å². The molecular weight excluding hydrogens is 248 g/mol. The topological polar surface area (TPSA) is 41.9 Å². The summed E-state index contributed by atoms with van der Waals surface area (Å²) < 4.78 is 2.39. The van der Waals surface area contributed by atoms with Crippen LogP contribution in [0.1, 0.15) is 30.1 Å². The summed E-state index contributed by atoms with van der Waals surface area (Å²) in [6.45, 7) is 5.42. The van der Waals surface area contributed by atoms with Crippen molar-refractivity contribution in [1.29, 1.82) is 0 Å². The molecule has 1 unspecified atom stereocenters. The third kappa shape index (κ3) is 2.13. The Morgan fingerprint density at radius 1 is 1.15 bits per heavy atom. The minimum atomic E-state index is 0.663. The second-order valence-corrected chi connectivity index (χ2v) is 5.97. The number of aromatic nitrogens is 2. The number of benzene rings is 1. The van der Waals surface area contributed by atoms with E-state index in [4.69, 9.17) is 4.98 Å². The SMILES string of the molecule is c1cc2c(cc1C1CCCNC1)nc1n2CCNCC1. The Hall–Kier alpha value is -1.39. The molecule has 2 aliphatic heterocycles. The molecule has 0 aliphatic carbocycles. The Morgan fingerprint density at radius 2 is 2.15 bits per heavy atom. The van der Waals surface area contributed by atoms with Crippen molar-refractivity contribution >= 4 is 11.0 Å². The molecule has 1 aromatic carbocycles. The highest BCUT2D eigenvalue weighted by atomic mass is 15.1. The van der Waals surface area contributed by atoms with Crippen LogP contribution in [-0.4, -0.2) is 35.7 Å². The van der Waals surface area contributed by atoms with Crippen LogP contribution in [0.15, 0.2) is 18.2 Å². The van der Waals surface area contributed by atoms with E-state index in [0.29, 0.717) is 5.92 Å². The maximum Gasteiger partial charge on any atom is 0.111 e. The fraction of sp³-hybridized carbons (Fsp3) is 0.562. The largest absolute Gasteiger partial charge is 0.327 e. The lowest BCUT2D eigenvalue weighted by Crippen LogP contribution is -2.28. The summed E-state index contributed by atoms with van der Waals surface area (Å²) >= 11 is 0. The summed E-state index contributed by atoms with van der Waals surface area (Å²) in [5.41, 5.74) is 3.94. The van der Waals surface area contributed by atoms with Crippen LogP contribution in [0.4, 0.5) is 0 Å². The Labute approximate surface area is 119 Å². The average molecular weight is 270 g/mol. The minimum absolute atomic E-state index is 0.663. The molecule has 0 spiro atoms. The van der Waals surface area contributed by atoms with Crippen molar-refractivity contribution in [2.45, 2.75) is 31.7 Å². The van der Waals surface area contributed by atoms with Gasteiger partial charge < -0.3 is 15.2 Å². The minimum Gasteiger partial charge on any atom is -0.327 e. The van der Waals surface area contributed by atoms with Crippen molar-refractivity contribution in [2.75, 3.05) is 26.2 Å². The van der Waals surface area contributed by atoms with Gasteiger partial charge in [-0.2, -0.15) is 0 Å². The molecule has 2 N–H and O–H groups in total. The summed E-state index contributed by atoms with van der Waals surface area (Å²) in [6.07, 6.45) is 3.62. The van der Waals surface area contributed by atoms with Gasteiger partial charge in [0.25, 0.3) is 0 Å². The molecule has 2 aromatic rings. The van der Waals surface area contributed by atoms with Crippen molar-refractivity contribution in [1.82, 2.24) is 20.2 Å². The Bertz CT molecular complexity index is 610. The van der Waals surface area contributed by atoms with Gasteiger partial charge in [-0.25, -0.2) is 4.98 Å². The molecule has 4 rings (SSSR count). The molecule has 0 radical (unpaired) electrons. The molecule has 4 heteroatoms. The van der Waals surface area contributed by atoms with E-state index in [2.05, 4.69) is 33.4 Å². The van der Waals surface area contributed by atoms with Crippen molar-refractivity contribution < 1.29 is 0 Å². The molecular formula is C16H22N4. The lowest BCUT2D eigenvalue weighted by molar-refractivity contribution is 0.462. The van der Waals surface area contributed by atoms with Crippen LogP contribution < -0.4 is 10.6 Å². The van der Waals surface area contributed by atoms with Crippen LogP contribution in [0.2, 0.25) is 0 Å². The van der Waals surface area contributed by atoms with Crippen molar-refractivity contribution in [3.63, 3.8) is 0 Å². The Balaban J connectivity index is 1.72. The molecule has 1 atom stereocenters. The van der Waals surface area contributed by atoms with E-state index in [1.165, 1.54) is 41.8 Å². The van der Waals surface area contributed by atoms with E-state index < -0.39 is 0 Å². The summed E-state index contributed by atoms with van der Waals surface area (Å²) in [7, 11) is 0. The van der Waals surface area contributed by atoms with Gasteiger partial charge in [-0.3, -0.25) is 0 Å². The van der Waals surface area contributed by atoms with E-state index in [1.807, 2.05) is 0 Å². The first-order valence-electron chi connectivity index (χ1n) is 7.82. The van der Waals surface area contributed by atoms with Crippen molar-refractivity contribution in [3.05, 3.63) is 29.6 Å². The molecule has 3 heterocycles. The smallest absolute Gasteiger partial charge is 0.111 e. The number of nitrogens with zero attached hydrogens (tertiary/aromatic N) is 2. The maximum atomic E-state index is 4.87. The summed E-state index contributed by atoms with van der Waals surface area (Å²) in [5.74, 6) is 1.90. The third-order valence-corrected chi connectivity index (χ3v) is 4.66. The average Bonchev–Trinajstić information content (AvgIpc) is 2.68. The standard InChI is InChI=1S/C16H22N4/c1-2-13(11-18-6-1)12-3-4-15-14(10-12)19-16-5-7-17-8-9-20(15)16/h3-4,10,13,17-18H,1-2,5-9,11H2. The molecule has 2 aliphatic rings. The number of fused-ring (bicyclic) bond motifs is 3. The molecule has 1 aromatic heterocycles. The van der Waals surface area contributed by atoms with Crippen LogP contribution in [0.3, 0.4) is 0 Å². The molecule has 0 bridgehead atoms. The zero-order valence-electron chi connectivity index (χ0n) is 11.9. The van der Waals surface area contributed by atoms with Gasteiger partial charge in [0, 0.05) is 32.6 Å². The summed E-state index contributed by atoms with van der Waals surface area (Å²) in [5, 5.41) is 6.94. The van der Waals surface area contributed by atoms with Crippen LogP contribution >= 0.6 is 0 Å². The van der Waals surface area contributed by atoms with Crippen molar-refractivity contribution in [2.24, 2.45) is 0 Å². The molecule has 1 fully saturated rings. The molecule has 0 saturated carbocycles. The van der Waals surface area contributed by atoms with Gasteiger partial charge in [-0.05, 0) is 43.0 Å². The van der Waals surface area contributed by atoms with Gasteiger partial charge >= 0.3 is 0 Å². The fourth-order valence-corrected chi connectivity index (χ4v) is 3.54. The molecule has 4 nitrogen and oxygen atoms in total. The van der Waals surface area contributed by atoms with E-state index in [0.717, 1.165) is 32.6 Å². The first-order chi connectivity index (χ1) is 9.92. The van der Waals surface area contributed by atoms with Gasteiger partial charge in [-0.15, -0.1) is 0 Å². The second kappa shape index (κ2) is 5.19. The first-order valence-corrected chi connectivity index (χ1v) is 7.82. The molecule has 1 saturated heterocycles. The normalized spacial score (nSPS) is 23.5. The third-order valence-electron chi connectivity index (χ3n) is 4.66. The first kappa shape index (κ1) is 12.4. The number of hydrogen-bond donors (Lipinski definition) is 2. The maximum absolute atomic E-state index is 4.87. The fourth-order valence-electron chi connectivity index (χ4n) is 3.54. The lowest BCUT2D eigenvalue weighted by atomic mass is 9.91. The predicted octanol–water partition coefficient (Wildman–Crippen LogP) is 1.65. The van der Waals surface area contributed by atoms with E-state index in [-0.39, 0.29) is 0 Å².